The number of H-pyrrole nitrogens is 1. The number of rotatable bonds is 7. The molecule has 2 heterocycles. The standard InChI is InChI=1S/C27H28N4O3S/c1-18-15-20(22-7-3-4-8-23(22)28-18)17-34-21-11-9-19(10-12-21)25(32)29-27(13-5-2-6-14-27)16-24-30-31-26(33)35-24/h3-4,7-12,15H,2,5-6,13-14,16-17H2,1H3,(H,29,32)(H,31,33). The quantitative estimate of drug-likeness (QED) is 0.384. The van der Waals surface area contributed by atoms with Crippen molar-refractivity contribution in [3.05, 3.63) is 86.1 Å². The Bertz CT molecular complexity index is 1390. The Kier molecular flexibility index (Phi) is 6.63. The van der Waals surface area contributed by atoms with Gasteiger partial charge in [0.15, 0.2) is 0 Å². The van der Waals surface area contributed by atoms with E-state index in [0.717, 1.165) is 70.6 Å². The number of benzene rings is 2. The van der Waals surface area contributed by atoms with Gasteiger partial charge >= 0.3 is 4.87 Å². The third-order valence-corrected chi connectivity index (χ3v) is 7.35. The molecule has 1 saturated carbocycles. The predicted molar refractivity (Wildman–Crippen MR) is 137 cm³/mol. The first-order chi connectivity index (χ1) is 17.0. The van der Waals surface area contributed by atoms with E-state index in [1.807, 2.05) is 43.3 Å². The predicted octanol–water partition coefficient (Wildman–Crippen LogP) is 4.94. The van der Waals surface area contributed by atoms with Gasteiger partial charge in [0.2, 0.25) is 0 Å². The van der Waals surface area contributed by atoms with Crippen LogP contribution in [0.15, 0.2) is 59.4 Å². The molecule has 0 atom stereocenters. The zero-order valence-corrected chi connectivity index (χ0v) is 20.5. The largest absolute Gasteiger partial charge is 0.489 e. The summed E-state index contributed by atoms with van der Waals surface area (Å²) in [6.45, 7) is 2.40. The second-order valence-electron chi connectivity index (χ2n) is 9.23. The SMILES string of the molecule is Cc1cc(COc2ccc(C(=O)NC3(Cc4n[nH]c(=O)s4)CCCCC3)cc2)c2ccccc2n1. The molecule has 0 unspecified atom stereocenters. The number of carbonyl (C=O) groups excluding carboxylic acids is 1. The number of aryl methyl sites for hydroxylation is 1. The Labute approximate surface area is 207 Å². The normalized spacial score (nSPS) is 15.1. The molecular formula is C27H28N4O3S. The molecule has 4 aromatic rings. The molecule has 0 saturated heterocycles. The highest BCUT2D eigenvalue weighted by atomic mass is 32.1. The number of fused-ring (bicyclic) bond motifs is 1. The van der Waals surface area contributed by atoms with Crippen LogP contribution in [0.1, 0.15) is 58.7 Å². The maximum absolute atomic E-state index is 13.1. The van der Waals surface area contributed by atoms with Crippen molar-refractivity contribution in [2.24, 2.45) is 0 Å². The van der Waals surface area contributed by atoms with Crippen LogP contribution in [-0.4, -0.2) is 26.6 Å². The molecule has 0 bridgehead atoms. The van der Waals surface area contributed by atoms with Gasteiger partial charge in [-0.1, -0.05) is 48.8 Å². The van der Waals surface area contributed by atoms with Crippen molar-refractivity contribution in [1.82, 2.24) is 20.5 Å². The molecule has 1 aliphatic carbocycles. The number of nitrogens with zero attached hydrogens (tertiary/aromatic N) is 2. The second kappa shape index (κ2) is 10.00. The molecule has 2 aromatic carbocycles. The molecule has 1 amide bonds. The smallest absolute Gasteiger partial charge is 0.322 e. The Morgan fingerprint density at radius 1 is 1.11 bits per heavy atom. The van der Waals surface area contributed by atoms with Crippen LogP contribution in [-0.2, 0) is 13.0 Å². The van der Waals surface area contributed by atoms with Gasteiger partial charge in [-0.2, -0.15) is 5.10 Å². The highest BCUT2D eigenvalue weighted by Crippen LogP contribution is 2.32. The first-order valence-corrected chi connectivity index (χ1v) is 12.8. The number of nitrogens with one attached hydrogen (secondary N) is 2. The number of ether oxygens (including phenoxy) is 1. The number of pyridine rings is 1. The summed E-state index contributed by atoms with van der Waals surface area (Å²) in [5.41, 5.74) is 3.20. The lowest BCUT2D eigenvalue weighted by Gasteiger charge is -2.37. The van der Waals surface area contributed by atoms with Gasteiger partial charge in [0.1, 0.15) is 17.4 Å². The van der Waals surface area contributed by atoms with Gasteiger partial charge in [-0.05, 0) is 56.2 Å². The molecule has 0 radical (unpaired) electrons. The summed E-state index contributed by atoms with van der Waals surface area (Å²) in [4.78, 5) is 29.1. The van der Waals surface area contributed by atoms with Gasteiger partial charge in [-0.15, -0.1) is 0 Å². The van der Waals surface area contributed by atoms with Crippen LogP contribution >= 0.6 is 11.3 Å². The minimum atomic E-state index is -0.372. The van der Waals surface area contributed by atoms with E-state index < -0.39 is 0 Å². The van der Waals surface area contributed by atoms with E-state index in [4.69, 9.17) is 4.74 Å². The summed E-state index contributed by atoms with van der Waals surface area (Å²) >= 11 is 1.12. The Balaban J connectivity index is 1.26. The number of hydrogen-bond acceptors (Lipinski definition) is 6. The number of para-hydroxylation sites is 1. The lowest BCUT2D eigenvalue weighted by Crippen LogP contribution is -2.51. The minimum Gasteiger partial charge on any atom is -0.489 e. The van der Waals surface area contributed by atoms with Crippen molar-refractivity contribution in [2.75, 3.05) is 0 Å². The van der Waals surface area contributed by atoms with Crippen LogP contribution in [0.25, 0.3) is 10.9 Å². The molecule has 1 aliphatic rings. The topological polar surface area (TPSA) is 97.0 Å². The molecule has 5 rings (SSSR count). The molecule has 2 N–H and O–H groups in total. The van der Waals surface area contributed by atoms with E-state index in [1.165, 1.54) is 0 Å². The van der Waals surface area contributed by atoms with Crippen molar-refractivity contribution in [3.63, 3.8) is 0 Å². The van der Waals surface area contributed by atoms with Crippen molar-refractivity contribution in [1.29, 1.82) is 0 Å². The number of hydrogen-bond donors (Lipinski definition) is 2. The van der Waals surface area contributed by atoms with Gasteiger partial charge in [0.25, 0.3) is 5.91 Å². The molecule has 0 aliphatic heterocycles. The molecule has 1 fully saturated rings. The molecule has 0 spiro atoms. The first kappa shape index (κ1) is 23.2. The maximum atomic E-state index is 13.1. The van der Waals surface area contributed by atoms with E-state index in [-0.39, 0.29) is 16.3 Å². The van der Waals surface area contributed by atoms with Crippen LogP contribution in [0.3, 0.4) is 0 Å². The fourth-order valence-corrected chi connectivity index (χ4v) is 5.64. The molecule has 180 valence electrons. The van der Waals surface area contributed by atoms with E-state index in [1.54, 1.807) is 12.1 Å². The Morgan fingerprint density at radius 2 is 1.89 bits per heavy atom. The van der Waals surface area contributed by atoms with Gasteiger partial charge in [0.05, 0.1) is 5.52 Å². The molecule has 35 heavy (non-hydrogen) atoms. The number of aromatic nitrogens is 3. The second-order valence-corrected chi connectivity index (χ2v) is 10.3. The summed E-state index contributed by atoms with van der Waals surface area (Å²) in [5.74, 6) is 0.589. The summed E-state index contributed by atoms with van der Waals surface area (Å²) < 4.78 is 6.04. The summed E-state index contributed by atoms with van der Waals surface area (Å²) in [6, 6.07) is 17.3. The van der Waals surface area contributed by atoms with Crippen molar-refractivity contribution in [2.45, 2.75) is 57.6 Å². The number of amides is 1. The Morgan fingerprint density at radius 3 is 2.63 bits per heavy atom. The summed E-state index contributed by atoms with van der Waals surface area (Å²) in [7, 11) is 0. The average Bonchev–Trinajstić information content (AvgIpc) is 3.27. The minimum absolute atomic E-state index is 0.114. The molecule has 8 heteroatoms. The third-order valence-electron chi connectivity index (χ3n) is 6.60. The van der Waals surface area contributed by atoms with E-state index in [0.29, 0.717) is 24.3 Å². The van der Waals surface area contributed by atoms with Crippen LogP contribution in [0, 0.1) is 6.92 Å². The number of carbonyl (C=O) groups is 1. The first-order valence-electron chi connectivity index (χ1n) is 11.9. The zero-order valence-electron chi connectivity index (χ0n) is 19.7. The van der Waals surface area contributed by atoms with Crippen LogP contribution < -0.4 is 14.9 Å². The maximum Gasteiger partial charge on any atom is 0.322 e. The molecule has 2 aromatic heterocycles. The van der Waals surface area contributed by atoms with Gasteiger partial charge < -0.3 is 10.1 Å². The van der Waals surface area contributed by atoms with Crippen LogP contribution in [0.2, 0.25) is 0 Å². The van der Waals surface area contributed by atoms with Crippen LogP contribution in [0.5, 0.6) is 5.75 Å². The van der Waals surface area contributed by atoms with E-state index >= 15 is 0 Å². The van der Waals surface area contributed by atoms with E-state index in [2.05, 4.69) is 26.6 Å². The van der Waals surface area contributed by atoms with Crippen molar-refractivity contribution >= 4 is 28.1 Å². The fourth-order valence-electron chi connectivity index (χ4n) is 4.89. The molecule has 7 nitrogen and oxygen atoms in total. The highest BCUT2D eigenvalue weighted by molar-refractivity contribution is 7.08. The lowest BCUT2D eigenvalue weighted by atomic mass is 9.79. The fraction of sp³-hybridized carbons (Fsp3) is 0.333. The molecular weight excluding hydrogens is 460 g/mol. The average molecular weight is 489 g/mol. The van der Waals surface area contributed by atoms with Crippen molar-refractivity contribution < 1.29 is 9.53 Å². The third kappa shape index (κ3) is 5.43. The van der Waals surface area contributed by atoms with Gasteiger partial charge in [-0.25, -0.2) is 5.10 Å². The Hall–Kier alpha value is -3.52. The van der Waals surface area contributed by atoms with Crippen LogP contribution in [0.4, 0.5) is 0 Å². The summed E-state index contributed by atoms with van der Waals surface area (Å²) in [6.07, 6.45) is 5.60. The zero-order chi connectivity index (χ0) is 24.3. The van der Waals surface area contributed by atoms with Gasteiger partial charge in [-0.3, -0.25) is 14.6 Å². The van der Waals surface area contributed by atoms with Crippen molar-refractivity contribution in [3.8, 4) is 5.75 Å². The van der Waals surface area contributed by atoms with E-state index in [9.17, 15) is 9.59 Å². The van der Waals surface area contributed by atoms with Gasteiger partial charge in [0, 0.05) is 34.2 Å². The lowest BCUT2D eigenvalue weighted by molar-refractivity contribution is 0.0868. The monoisotopic (exact) mass is 488 g/mol. The number of aromatic amines is 1. The highest BCUT2D eigenvalue weighted by Gasteiger charge is 2.35. The summed E-state index contributed by atoms with van der Waals surface area (Å²) in [5, 5.41) is 11.7.